The van der Waals surface area contributed by atoms with Gasteiger partial charge in [0.15, 0.2) is 0 Å². The van der Waals surface area contributed by atoms with Gasteiger partial charge in [-0.25, -0.2) is 0 Å². The first-order valence-corrected chi connectivity index (χ1v) is 5.82. The Morgan fingerprint density at radius 1 is 1.41 bits per heavy atom. The van der Waals surface area contributed by atoms with Crippen molar-refractivity contribution in [2.75, 3.05) is 0 Å². The van der Waals surface area contributed by atoms with Crippen LogP contribution in [0.2, 0.25) is 0 Å². The van der Waals surface area contributed by atoms with Gasteiger partial charge in [-0.2, -0.15) is 5.10 Å². The second-order valence-corrected chi connectivity index (χ2v) is 4.27. The lowest BCUT2D eigenvalue weighted by molar-refractivity contribution is 0.746. The summed E-state index contributed by atoms with van der Waals surface area (Å²) in [7, 11) is 1.92. The van der Waals surface area contributed by atoms with Crippen LogP contribution >= 0.6 is 0 Å². The third kappa shape index (κ3) is 2.36. The molecular formula is C13H18N4. The van der Waals surface area contributed by atoms with Gasteiger partial charge < -0.3 is 5.73 Å². The van der Waals surface area contributed by atoms with Crippen LogP contribution in [0.3, 0.4) is 0 Å². The first-order chi connectivity index (χ1) is 8.11. The Morgan fingerprint density at radius 2 is 2.18 bits per heavy atom. The molecule has 2 aromatic rings. The summed E-state index contributed by atoms with van der Waals surface area (Å²) in [6, 6.07) is 3.86. The van der Waals surface area contributed by atoms with Crippen LogP contribution in [-0.2, 0) is 13.5 Å². The maximum atomic E-state index is 6.26. The van der Waals surface area contributed by atoms with E-state index in [-0.39, 0.29) is 6.04 Å². The molecule has 4 heteroatoms. The summed E-state index contributed by atoms with van der Waals surface area (Å²) in [4.78, 5) is 4.28. The number of aromatic nitrogens is 3. The van der Waals surface area contributed by atoms with Crippen molar-refractivity contribution in [2.45, 2.75) is 26.3 Å². The fraction of sp³-hybridized carbons (Fsp3) is 0.385. The van der Waals surface area contributed by atoms with Crippen LogP contribution in [0.25, 0.3) is 0 Å². The normalized spacial score (nSPS) is 12.7. The summed E-state index contributed by atoms with van der Waals surface area (Å²) in [6.45, 7) is 4.06. The highest BCUT2D eigenvalue weighted by Gasteiger charge is 2.15. The monoisotopic (exact) mass is 230 g/mol. The molecule has 4 nitrogen and oxygen atoms in total. The van der Waals surface area contributed by atoms with E-state index < -0.39 is 0 Å². The topological polar surface area (TPSA) is 56.7 Å². The Bertz CT molecular complexity index is 499. The minimum absolute atomic E-state index is 0.147. The van der Waals surface area contributed by atoms with Crippen LogP contribution in [0, 0.1) is 6.92 Å². The SMILES string of the molecule is CCc1nn(C)cc1C(N)c1ccc(C)nc1. The van der Waals surface area contributed by atoms with Gasteiger partial charge >= 0.3 is 0 Å². The number of rotatable bonds is 3. The highest BCUT2D eigenvalue weighted by atomic mass is 15.3. The second kappa shape index (κ2) is 4.67. The lowest BCUT2D eigenvalue weighted by atomic mass is 10.0. The third-order valence-corrected chi connectivity index (χ3v) is 2.90. The van der Waals surface area contributed by atoms with Crippen LogP contribution in [0.15, 0.2) is 24.5 Å². The molecular weight excluding hydrogens is 212 g/mol. The molecule has 0 fully saturated rings. The Balaban J connectivity index is 2.35. The predicted octanol–water partition coefficient (Wildman–Crippen LogP) is 1.73. The maximum Gasteiger partial charge on any atom is 0.0672 e. The molecule has 0 aliphatic carbocycles. The fourth-order valence-corrected chi connectivity index (χ4v) is 1.93. The van der Waals surface area contributed by atoms with Crippen molar-refractivity contribution >= 4 is 0 Å². The van der Waals surface area contributed by atoms with Crippen LogP contribution < -0.4 is 5.73 Å². The van der Waals surface area contributed by atoms with Gasteiger partial charge in [0.1, 0.15) is 0 Å². The molecule has 0 amide bonds. The van der Waals surface area contributed by atoms with Crippen molar-refractivity contribution < 1.29 is 0 Å². The molecule has 0 spiro atoms. The highest BCUT2D eigenvalue weighted by molar-refractivity contribution is 5.31. The van der Waals surface area contributed by atoms with Crippen molar-refractivity contribution in [3.8, 4) is 0 Å². The first-order valence-electron chi connectivity index (χ1n) is 5.82. The number of hydrogen-bond acceptors (Lipinski definition) is 3. The Hall–Kier alpha value is -1.68. The summed E-state index contributed by atoms with van der Waals surface area (Å²) < 4.78 is 1.82. The average Bonchev–Trinajstić information content (AvgIpc) is 2.70. The molecule has 2 aromatic heterocycles. The van der Waals surface area contributed by atoms with E-state index in [1.807, 2.05) is 43.2 Å². The number of aryl methyl sites for hydroxylation is 3. The van der Waals surface area contributed by atoms with E-state index in [2.05, 4.69) is 17.0 Å². The zero-order valence-electron chi connectivity index (χ0n) is 10.5. The van der Waals surface area contributed by atoms with E-state index in [0.717, 1.165) is 28.9 Å². The van der Waals surface area contributed by atoms with Crippen molar-refractivity contribution in [1.82, 2.24) is 14.8 Å². The van der Waals surface area contributed by atoms with Gasteiger partial charge in [0.2, 0.25) is 0 Å². The summed E-state index contributed by atoms with van der Waals surface area (Å²) in [5.74, 6) is 0. The fourth-order valence-electron chi connectivity index (χ4n) is 1.93. The van der Waals surface area contributed by atoms with Crippen LogP contribution in [0.5, 0.6) is 0 Å². The molecule has 1 unspecified atom stereocenters. The molecule has 0 aliphatic heterocycles. The molecule has 90 valence electrons. The molecule has 0 saturated carbocycles. The van der Waals surface area contributed by atoms with Gasteiger partial charge in [-0.05, 0) is 25.0 Å². The number of nitrogens with two attached hydrogens (primary N) is 1. The second-order valence-electron chi connectivity index (χ2n) is 4.27. The molecule has 2 rings (SSSR count). The smallest absolute Gasteiger partial charge is 0.0672 e. The van der Waals surface area contributed by atoms with Crippen molar-refractivity contribution in [3.63, 3.8) is 0 Å². The van der Waals surface area contributed by atoms with Crippen LogP contribution in [0.4, 0.5) is 0 Å². The van der Waals surface area contributed by atoms with Crippen LogP contribution in [0.1, 0.15) is 35.5 Å². The highest BCUT2D eigenvalue weighted by Crippen LogP contribution is 2.22. The average molecular weight is 230 g/mol. The number of pyridine rings is 1. The maximum absolute atomic E-state index is 6.26. The molecule has 0 bridgehead atoms. The van der Waals surface area contributed by atoms with Crippen molar-refractivity contribution in [1.29, 1.82) is 0 Å². The van der Waals surface area contributed by atoms with E-state index in [4.69, 9.17) is 5.73 Å². The van der Waals surface area contributed by atoms with Gasteiger partial charge in [-0.3, -0.25) is 9.67 Å². The number of nitrogens with zero attached hydrogens (tertiary/aromatic N) is 3. The van der Waals surface area contributed by atoms with Gasteiger partial charge in [-0.15, -0.1) is 0 Å². The minimum Gasteiger partial charge on any atom is -0.320 e. The molecule has 2 heterocycles. The largest absolute Gasteiger partial charge is 0.320 e. The molecule has 2 N–H and O–H groups in total. The zero-order valence-corrected chi connectivity index (χ0v) is 10.5. The number of hydrogen-bond donors (Lipinski definition) is 1. The predicted molar refractivity (Wildman–Crippen MR) is 67.6 cm³/mol. The quantitative estimate of drug-likeness (QED) is 0.873. The van der Waals surface area contributed by atoms with E-state index in [0.29, 0.717) is 0 Å². The van der Waals surface area contributed by atoms with E-state index in [9.17, 15) is 0 Å². The molecule has 0 saturated heterocycles. The van der Waals surface area contributed by atoms with E-state index in [1.165, 1.54) is 0 Å². The van der Waals surface area contributed by atoms with Crippen molar-refractivity contribution in [2.24, 2.45) is 12.8 Å². The molecule has 1 atom stereocenters. The zero-order chi connectivity index (χ0) is 12.4. The van der Waals surface area contributed by atoms with E-state index >= 15 is 0 Å². The molecule has 17 heavy (non-hydrogen) atoms. The van der Waals surface area contributed by atoms with E-state index in [1.54, 1.807) is 0 Å². The summed E-state index contributed by atoms with van der Waals surface area (Å²) >= 11 is 0. The first kappa shape index (κ1) is 11.8. The van der Waals surface area contributed by atoms with Gasteiger partial charge in [-0.1, -0.05) is 13.0 Å². The Labute approximate surface area is 101 Å². The third-order valence-electron chi connectivity index (χ3n) is 2.90. The van der Waals surface area contributed by atoms with Gasteiger partial charge in [0, 0.05) is 30.7 Å². The molecule has 0 aliphatic rings. The standard InChI is InChI=1S/C13H18N4/c1-4-12-11(8-17(3)16-12)13(14)10-6-5-9(2)15-7-10/h5-8,13H,4,14H2,1-3H3. The van der Waals surface area contributed by atoms with Gasteiger partial charge in [0.25, 0.3) is 0 Å². The summed E-state index contributed by atoms with van der Waals surface area (Å²) in [6.07, 6.45) is 4.72. The minimum atomic E-state index is -0.147. The Morgan fingerprint density at radius 3 is 2.76 bits per heavy atom. The van der Waals surface area contributed by atoms with Crippen LogP contribution in [-0.4, -0.2) is 14.8 Å². The molecule has 0 radical (unpaired) electrons. The lowest BCUT2D eigenvalue weighted by Crippen LogP contribution is -2.13. The van der Waals surface area contributed by atoms with Crippen molar-refractivity contribution in [3.05, 3.63) is 47.0 Å². The van der Waals surface area contributed by atoms with Gasteiger partial charge in [0.05, 0.1) is 11.7 Å². The Kier molecular flexibility index (Phi) is 3.24. The molecule has 0 aromatic carbocycles. The summed E-state index contributed by atoms with van der Waals surface area (Å²) in [5, 5.41) is 4.41. The summed E-state index contributed by atoms with van der Waals surface area (Å²) in [5.41, 5.74) is 10.4. The lowest BCUT2D eigenvalue weighted by Gasteiger charge is -2.11.